The number of nitrogen functional groups attached to an aromatic ring is 1. The van der Waals surface area contributed by atoms with E-state index in [1.165, 1.54) is 0 Å². The smallest absolute Gasteiger partial charge is 0.253 e. The number of nitrogens with zero attached hydrogens (tertiary/aromatic N) is 1. The Kier molecular flexibility index (Phi) is 4.12. The van der Waals surface area contributed by atoms with Gasteiger partial charge in [-0.3, -0.25) is 9.59 Å². The van der Waals surface area contributed by atoms with Gasteiger partial charge in [-0.05, 0) is 24.6 Å². The molecule has 1 saturated heterocycles. The molecule has 1 aromatic carbocycles. The van der Waals surface area contributed by atoms with Crippen LogP contribution in [0.1, 0.15) is 23.2 Å². The minimum Gasteiger partial charge on any atom is -0.399 e. The van der Waals surface area contributed by atoms with Gasteiger partial charge in [0.15, 0.2) is 0 Å². The standard InChI is InChI=1S/C14H20N4O2/c1-18(2)12-5-3-9(15)7-11(12)14(20)17-10-4-6-13(19)16-8-10/h3,5,7,10H,4,6,8,15H2,1-2H3,(H,16,19)(H,17,20). The van der Waals surface area contributed by atoms with Crippen LogP contribution in [-0.4, -0.2) is 38.5 Å². The van der Waals surface area contributed by atoms with E-state index in [1.54, 1.807) is 12.1 Å². The second-order valence-corrected chi connectivity index (χ2v) is 5.18. The van der Waals surface area contributed by atoms with E-state index < -0.39 is 0 Å². The fraction of sp³-hybridized carbons (Fsp3) is 0.429. The summed E-state index contributed by atoms with van der Waals surface area (Å²) in [6.45, 7) is 0.476. The summed E-state index contributed by atoms with van der Waals surface area (Å²) in [5.41, 5.74) is 7.68. The maximum Gasteiger partial charge on any atom is 0.253 e. The normalized spacial score (nSPS) is 18.3. The largest absolute Gasteiger partial charge is 0.399 e. The number of anilines is 2. The number of hydrogen-bond donors (Lipinski definition) is 3. The Hall–Kier alpha value is -2.24. The van der Waals surface area contributed by atoms with Crippen molar-refractivity contribution >= 4 is 23.2 Å². The van der Waals surface area contributed by atoms with E-state index in [4.69, 9.17) is 5.73 Å². The van der Waals surface area contributed by atoms with E-state index >= 15 is 0 Å². The number of carbonyl (C=O) groups excluding carboxylic acids is 2. The quantitative estimate of drug-likeness (QED) is 0.695. The monoisotopic (exact) mass is 276 g/mol. The van der Waals surface area contributed by atoms with E-state index in [9.17, 15) is 9.59 Å². The number of nitrogens with two attached hydrogens (primary N) is 1. The van der Waals surface area contributed by atoms with Crippen LogP contribution in [0.4, 0.5) is 11.4 Å². The molecule has 1 heterocycles. The molecule has 20 heavy (non-hydrogen) atoms. The van der Waals surface area contributed by atoms with Crippen LogP contribution < -0.4 is 21.3 Å². The average Bonchev–Trinajstić information content (AvgIpc) is 2.41. The zero-order chi connectivity index (χ0) is 14.7. The molecule has 0 spiro atoms. The van der Waals surface area contributed by atoms with Crippen LogP contribution in [0.2, 0.25) is 0 Å². The molecule has 1 aliphatic rings. The fourth-order valence-electron chi connectivity index (χ4n) is 2.24. The zero-order valence-electron chi connectivity index (χ0n) is 11.8. The van der Waals surface area contributed by atoms with Gasteiger partial charge in [-0.15, -0.1) is 0 Å². The van der Waals surface area contributed by atoms with Gasteiger partial charge in [-0.1, -0.05) is 0 Å². The lowest BCUT2D eigenvalue weighted by molar-refractivity contribution is -0.122. The van der Waals surface area contributed by atoms with Gasteiger partial charge in [0.05, 0.1) is 5.56 Å². The third kappa shape index (κ3) is 3.20. The maximum atomic E-state index is 12.4. The molecule has 0 bridgehead atoms. The molecule has 2 rings (SSSR count). The molecular weight excluding hydrogens is 256 g/mol. The van der Waals surface area contributed by atoms with E-state index in [-0.39, 0.29) is 17.9 Å². The summed E-state index contributed by atoms with van der Waals surface area (Å²) in [5.74, 6) is -0.129. The Bertz CT molecular complexity index is 518. The van der Waals surface area contributed by atoms with E-state index in [0.717, 1.165) is 5.69 Å². The summed E-state index contributed by atoms with van der Waals surface area (Å²) in [6, 6.07) is 5.24. The number of piperidine rings is 1. The highest BCUT2D eigenvalue weighted by atomic mass is 16.2. The van der Waals surface area contributed by atoms with Gasteiger partial charge in [0.2, 0.25) is 5.91 Å². The lowest BCUT2D eigenvalue weighted by Gasteiger charge is -2.25. The molecule has 4 N–H and O–H groups in total. The first-order valence-electron chi connectivity index (χ1n) is 6.62. The number of rotatable bonds is 3. The molecule has 108 valence electrons. The Morgan fingerprint density at radius 1 is 1.45 bits per heavy atom. The number of benzene rings is 1. The summed E-state index contributed by atoms with van der Waals surface area (Å²) in [4.78, 5) is 25.3. The SMILES string of the molecule is CN(C)c1ccc(N)cc1C(=O)NC1CCC(=O)NC1. The summed E-state index contributed by atoms with van der Waals surface area (Å²) < 4.78 is 0. The Morgan fingerprint density at radius 2 is 2.20 bits per heavy atom. The van der Waals surface area contributed by atoms with Crippen LogP contribution in [0.15, 0.2) is 18.2 Å². The topological polar surface area (TPSA) is 87.5 Å². The Balaban J connectivity index is 2.12. The van der Waals surface area contributed by atoms with Gasteiger partial charge in [0.1, 0.15) is 0 Å². The lowest BCUT2D eigenvalue weighted by Crippen LogP contribution is -2.47. The number of amides is 2. The fourth-order valence-corrected chi connectivity index (χ4v) is 2.24. The molecular formula is C14H20N4O2. The van der Waals surface area contributed by atoms with Crippen LogP contribution in [-0.2, 0) is 4.79 Å². The van der Waals surface area contributed by atoms with Gasteiger partial charge in [0.25, 0.3) is 5.91 Å². The van der Waals surface area contributed by atoms with Crippen molar-refractivity contribution < 1.29 is 9.59 Å². The summed E-state index contributed by atoms with van der Waals surface area (Å²) in [7, 11) is 3.76. The number of nitrogens with one attached hydrogen (secondary N) is 2. The Morgan fingerprint density at radius 3 is 2.80 bits per heavy atom. The van der Waals surface area contributed by atoms with Crippen molar-refractivity contribution in [2.75, 3.05) is 31.3 Å². The van der Waals surface area contributed by atoms with E-state index in [2.05, 4.69) is 10.6 Å². The molecule has 1 aliphatic heterocycles. The van der Waals surface area contributed by atoms with Crippen molar-refractivity contribution in [3.8, 4) is 0 Å². The predicted molar refractivity (Wildman–Crippen MR) is 78.7 cm³/mol. The third-order valence-electron chi connectivity index (χ3n) is 3.35. The molecule has 2 amide bonds. The highest BCUT2D eigenvalue weighted by Crippen LogP contribution is 2.21. The minimum absolute atomic E-state index is 0.0309. The third-order valence-corrected chi connectivity index (χ3v) is 3.35. The van der Waals surface area contributed by atoms with Gasteiger partial charge in [0, 0.05) is 44.5 Å². The number of hydrogen-bond acceptors (Lipinski definition) is 4. The van der Waals surface area contributed by atoms with Crippen molar-refractivity contribution in [3.05, 3.63) is 23.8 Å². The predicted octanol–water partition coefficient (Wildman–Crippen LogP) is 0.343. The van der Waals surface area contributed by atoms with Crippen LogP contribution in [0.25, 0.3) is 0 Å². The molecule has 1 atom stereocenters. The second kappa shape index (κ2) is 5.81. The van der Waals surface area contributed by atoms with Gasteiger partial charge >= 0.3 is 0 Å². The lowest BCUT2D eigenvalue weighted by atomic mass is 10.1. The highest BCUT2D eigenvalue weighted by molar-refractivity contribution is 6.01. The summed E-state index contributed by atoms with van der Waals surface area (Å²) >= 11 is 0. The molecule has 0 aliphatic carbocycles. The summed E-state index contributed by atoms with van der Waals surface area (Å²) in [5, 5.41) is 5.69. The molecule has 0 aromatic heterocycles. The van der Waals surface area contributed by atoms with E-state index in [0.29, 0.717) is 30.6 Å². The van der Waals surface area contributed by atoms with Crippen LogP contribution >= 0.6 is 0 Å². The van der Waals surface area contributed by atoms with Crippen molar-refractivity contribution in [1.82, 2.24) is 10.6 Å². The van der Waals surface area contributed by atoms with Crippen molar-refractivity contribution in [2.45, 2.75) is 18.9 Å². The first-order valence-corrected chi connectivity index (χ1v) is 6.62. The first kappa shape index (κ1) is 14.2. The van der Waals surface area contributed by atoms with Crippen molar-refractivity contribution in [1.29, 1.82) is 0 Å². The number of carbonyl (C=O) groups is 2. The molecule has 6 nitrogen and oxygen atoms in total. The van der Waals surface area contributed by atoms with Crippen LogP contribution in [0.5, 0.6) is 0 Å². The molecule has 6 heteroatoms. The Labute approximate surface area is 118 Å². The summed E-state index contributed by atoms with van der Waals surface area (Å²) in [6.07, 6.45) is 1.11. The molecule has 0 radical (unpaired) electrons. The molecule has 1 aromatic rings. The van der Waals surface area contributed by atoms with Gasteiger partial charge in [-0.2, -0.15) is 0 Å². The maximum absolute atomic E-state index is 12.4. The van der Waals surface area contributed by atoms with Crippen molar-refractivity contribution in [2.24, 2.45) is 0 Å². The highest BCUT2D eigenvalue weighted by Gasteiger charge is 2.21. The van der Waals surface area contributed by atoms with Crippen LogP contribution in [0.3, 0.4) is 0 Å². The van der Waals surface area contributed by atoms with Crippen LogP contribution in [0, 0.1) is 0 Å². The molecule has 1 unspecified atom stereocenters. The zero-order valence-corrected chi connectivity index (χ0v) is 11.8. The second-order valence-electron chi connectivity index (χ2n) is 5.18. The average molecular weight is 276 g/mol. The van der Waals surface area contributed by atoms with Crippen molar-refractivity contribution in [3.63, 3.8) is 0 Å². The minimum atomic E-state index is -0.165. The molecule has 1 fully saturated rings. The van der Waals surface area contributed by atoms with Gasteiger partial charge in [-0.25, -0.2) is 0 Å². The molecule has 0 saturated carbocycles. The van der Waals surface area contributed by atoms with E-state index in [1.807, 2.05) is 25.1 Å². The first-order chi connectivity index (χ1) is 9.47. The van der Waals surface area contributed by atoms with Gasteiger partial charge < -0.3 is 21.3 Å².